The molecule has 3 rings (SSSR count). The Morgan fingerprint density at radius 2 is 1.00 bits per heavy atom. The van der Waals surface area contributed by atoms with Gasteiger partial charge in [0.1, 0.15) is 14.9 Å². The van der Waals surface area contributed by atoms with Crippen LogP contribution < -0.4 is 0 Å². The number of rotatable bonds is 5. The first-order valence-corrected chi connectivity index (χ1v) is 9.26. The highest BCUT2D eigenvalue weighted by atomic mass is 28.2. The first-order valence-electron chi connectivity index (χ1n) is 7.74. The molecule has 0 saturated carbocycles. The van der Waals surface area contributed by atoms with Gasteiger partial charge in [-0.25, -0.2) is 0 Å². The normalized spacial score (nSPS) is 10.6. The predicted molar refractivity (Wildman–Crippen MR) is 99.3 cm³/mol. The van der Waals surface area contributed by atoms with Crippen LogP contribution in [0.1, 0.15) is 21.5 Å². The third-order valence-electron chi connectivity index (χ3n) is 3.76. The van der Waals surface area contributed by atoms with E-state index in [1.807, 2.05) is 66.7 Å². The molecule has 0 fully saturated rings. The van der Waals surface area contributed by atoms with Gasteiger partial charge in [0.2, 0.25) is 0 Å². The van der Waals surface area contributed by atoms with Crippen molar-refractivity contribution in [3.8, 4) is 0 Å². The Bertz CT molecular complexity index is 752. The standard InChI is InChI=1S/C21H18OSi/c22-21(19-14-8-3-9-15-19)23-16-20(17-10-4-1-5-11-17)18-12-6-2-7-13-18/h1-16H,23H2. The molecule has 0 N–H and O–H groups in total. The molecule has 112 valence electrons. The Kier molecular flexibility index (Phi) is 4.97. The number of carbonyl (C=O) groups excluding carboxylic acids is 1. The van der Waals surface area contributed by atoms with E-state index in [0.717, 1.165) is 22.3 Å². The summed E-state index contributed by atoms with van der Waals surface area (Å²) in [6.07, 6.45) is 0. The Hall–Kier alpha value is -2.71. The second-order valence-electron chi connectivity index (χ2n) is 5.34. The fraction of sp³-hybridized carbons (Fsp3) is 0. The van der Waals surface area contributed by atoms with Gasteiger partial charge in [-0.15, -0.1) is 0 Å². The lowest BCUT2D eigenvalue weighted by molar-refractivity contribution is 0.107. The van der Waals surface area contributed by atoms with E-state index in [1.54, 1.807) is 0 Å². The maximum atomic E-state index is 12.4. The van der Waals surface area contributed by atoms with Gasteiger partial charge in [0.15, 0.2) is 0 Å². The lowest BCUT2D eigenvalue weighted by Crippen LogP contribution is -2.08. The molecule has 0 unspecified atom stereocenters. The number of hydrogen-bond donors (Lipinski definition) is 0. The Morgan fingerprint density at radius 3 is 1.43 bits per heavy atom. The van der Waals surface area contributed by atoms with Crippen molar-refractivity contribution in [2.45, 2.75) is 0 Å². The maximum absolute atomic E-state index is 12.4. The number of hydrogen-bond acceptors (Lipinski definition) is 1. The summed E-state index contributed by atoms with van der Waals surface area (Å²) in [6, 6.07) is 30.1. The van der Waals surface area contributed by atoms with Crippen molar-refractivity contribution < 1.29 is 4.79 Å². The first-order chi connectivity index (χ1) is 11.3. The Balaban J connectivity index is 1.91. The highest BCUT2D eigenvalue weighted by molar-refractivity contribution is 6.81. The zero-order valence-corrected chi connectivity index (χ0v) is 14.3. The average molecular weight is 314 g/mol. The second kappa shape index (κ2) is 7.52. The molecule has 0 heterocycles. The van der Waals surface area contributed by atoms with Crippen LogP contribution in [0.4, 0.5) is 0 Å². The fourth-order valence-electron chi connectivity index (χ4n) is 2.57. The van der Waals surface area contributed by atoms with Crippen LogP contribution in [0.5, 0.6) is 0 Å². The van der Waals surface area contributed by atoms with Crippen LogP contribution in [0.3, 0.4) is 0 Å². The van der Waals surface area contributed by atoms with Gasteiger partial charge in [-0.05, 0) is 16.7 Å². The molecular weight excluding hydrogens is 296 g/mol. The van der Waals surface area contributed by atoms with Gasteiger partial charge in [-0.1, -0.05) is 96.7 Å². The van der Waals surface area contributed by atoms with Gasteiger partial charge < -0.3 is 4.79 Å². The largest absolute Gasteiger partial charge is 0.300 e. The van der Waals surface area contributed by atoms with E-state index in [4.69, 9.17) is 0 Å². The lowest BCUT2D eigenvalue weighted by Gasteiger charge is -2.08. The Labute approximate surface area is 139 Å². The molecule has 0 radical (unpaired) electrons. The monoisotopic (exact) mass is 314 g/mol. The van der Waals surface area contributed by atoms with E-state index in [1.165, 1.54) is 0 Å². The van der Waals surface area contributed by atoms with Crippen molar-refractivity contribution in [2.24, 2.45) is 0 Å². The second-order valence-corrected chi connectivity index (χ2v) is 6.80. The van der Waals surface area contributed by atoms with Crippen LogP contribution in [0.15, 0.2) is 96.7 Å². The van der Waals surface area contributed by atoms with Crippen LogP contribution in [0.2, 0.25) is 0 Å². The van der Waals surface area contributed by atoms with Gasteiger partial charge in [0, 0.05) is 5.56 Å². The summed E-state index contributed by atoms with van der Waals surface area (Å²) < 4.78 is 0. The topological polar surface area (TPSA) is 17.1 Å². The summed E-state index contributed by atoms with van der Waals surface area (Å²) in [7, 11) is -0.999. The molecule has 0 aliphatic carbocycles. The molecule has 23 heavy (non-hydrogen) atoms. The smallest absolute Gasteiger partial charge is 0.137 e. The molecule has 0 spiro atoms. The number of carbonyl (C=O) groups is 1. The summed E-state index contributed by atoms with van der Waals surface area (Å²) >= 11 is 0. The quantitative estimate of drug-likeness (QED) is 0.648. The predicted octanol–water partition coefficient (Wildman–Crippen LogP) is 4.09. The van der Waals surface area contributed by atoms with Crippen LogP contribution >= 0.6 is 0 Å². The van der Waals surface area contributed by atoms with E-state index < -0.39 is 9.52 Å². The van der Waals surface area contributed by atoms with Crippen molar-refractivity contribution in [1.29, 1.82) is 0 Å². The van der Waals surface area contributed by atoms with Crippen LogP contribution in [0, 0.1) is 0 Å². The summed E-state index contributed by atoms with van der Waals surface area (Å²) in [5.41, 5.74) is 6.46. The molecule has 0 bridgehead atoms. The summed E-state index contributed by atoms with van der Waals surface area (Å²) in [6.45, 7) is 0. The third kappa shape index (κ3) is 3.93. The highest BCUT2D eigenvalue weighted by Crippen LogP contribution is 2.22. The number of benzene rings is 3. The van der Waals surface area contributed by atoms with Crippen LogP contribution in [0.25, 0.3) is 5.57 Å². The first kappa shape index (κ1) is 15.2. The molecule has 3 aromatic rings. The molecule has 0 aliphatic rings. The summed E-state index contributed by atoms with van der Waals surface area (Å²) in [5.74, 6) is 0. The van der Waals surface area contributed by atoms with Crippen molar-refractivity contribution in [3.05, 3.63) is 113 Å². The molecule has 0 aliphatic heterocycles. The Morgan fingerprint density at radius 1 is 0.609 bits per heavy atom. The van der Waals surface area contributed by atoms with Gasteiger partial charge in [0.05, 0.1) is 0 Å². The average Bonchev–Trinajstić information content (AvgIpc) is 2.64. The molecule has 3 aromatic carbocycles. The summed E-state index contributed by atoms with van der Waals surface area (Å²) in [5, 5.41) is 0.273. The summed E-state index contributed by atoms with van der Waals surface area (Å²) in [4.78, 5) is 12.4. The molecule has 0 aromatic heterocycles. The molecule has 1 nitrogen and oxygen atoms in total. The highest BCUT2D eigenvalue weighted by Gasteiger charge is 2.08. The SMILES string of the molecule is O=C([SiH2]C=C(c1ccccc1)c1ccccc1)c1ccccc1. The molecule has 2 heteroatoms. The van der Waals surface area contributed by atoms with E-state index in [0.29, 0.717) is 0 Å². The van der Waals surface area contributed by atoms with Crippen molar-refractivity contribution >= 4 is 20.5 Å². The third-order valence-corrected chi connectivity index (χ3v) is 5.15. The molecule has 0 atom stereocenters. The van der Waals surface area contributed by atoms with E-state index in [-0.39, 0.29) is 5.41 Å². The molecule has 0 amide bonds. The van der Waals surface area contributed by atoms with Gasteiger partial charge in [0.25, 0.3) is 0 Å². The maximum Gasteiger partial charge on any atom is 0.137 e. The minimum Gasteiger partial charge on any atom is -0.300 e. The van der Waals surface area contributed by atoms with Crippen molar-refractivity contribution in [3.63, 3.8) is 0 Å². The lowest BCUT2D eigenvalue weighted by atomic mass is 10.00. The molecule has 0 saturated heterocycles. The van der Waals surface area contributed by atoms with Crippen molar-refractivity contribution in [2.75, 3.05) is 0 Å². The fourth-order valence-corrected chi connectivity index (χ4v) is 3.91. The van der Waals surface area contributed by atoms with E-state index >= 15 is 0 Å². The zero-order chi connectivity index (χ0) is 15.9. The van der Waals surface area contributed by atoms with E-state index in [9.17, 15) is 4.79 Å². The zero-order valence-electron chi connectivity index (χ0n) is 12.9. The van der Waals surface area contributed by atoms with Gasteiger partial charge >= 0.3 is 0 Å². The van der Waals surface area contributed by atoms with Gasteiger partial charge in [-0.2, -0.15) is 0 Å². The minimum absolute atomic E-state index is 0.273. The van der Waals surface area contributed by atoms with Crippen molar-refractivity contribution in [1.82, 2.24) is 0 Å². The van der Waals surface area contributed by atoms with Crippen LogP contribution in [-0.4, -0.2) is 14.9 Å². The minimum atomic E-state index is -0.999. The van der Waals surface area contributed by atoms with E-state index in [2.05, 4.69) is 30.0 Å². The van der Waals surface area contributed by atoms with Crippen LogP contribution in [-0.2, 0) is 0 Å². The molecular formula is C21H18OSi. The van der Waals surface area contributed by atoms with Gasteiger partial charge in [-0.3, -0.25) is 0 Å².